The molecular formula is C23H42O4. The van der Waals surface area contributed by atoms with E-state index < -0.39 is 5.97 Å². The second-order valence-electron chi connectivity index (χ2n) is 8.36. The van der Waals surface area contributed by atoms with Crippen LogP contribution in [0.15, 0.2) is 0 Å². The summed E-state index contributed by atoms with van der Waals surface area (Å²) in [6.07, 6.45) is 17.0. The normalized spacial score (nSPS) is 21.0. The van der Waals surface area contributed by atoms with Crippen molar-refractivity contribution in [2.45, 2.75) is 123 Å². The van der Waals surface area contributed by atoms with Gasteiger partial charge in [0.1, 0.15) is 6.10 Å². The fourth-order valence-electron chi connectivity index (χ4n) is 4.10. The van der Waals surface area contributed by atoms with Gasteiger partial charge in [-0.05, 0) is 44.9 Å². The first-order valence-electron chi connectivity index (χ1n) is 11.5. The molecule has 0 aromatic heterocycles. The van der Waals surface area contributed by atoms with Crippen LogP contribution in [0.3, 0.4) is 0 Å². The number of carboxylic acids is 1. The number of ether oxygens (including phenoxy) is 1. The molecule has 27 heavy (non-hydrogen) atoms. The summed E-state index contributed by atoms with van der Waals surface area (Å²) in [7, 11) is 0. The van der Waals surface area contributed by atoms with Gasteiger partial charge in [-0.15, -0.1) is 0 Å². The molecule has 0 heterocycles. The van der Waals surface area contributed by atoms with E-state index in [-0.39, 0.29) is 23.9 Å². The standard InChI is InChI=1S/C23H42O4/c1-3-5-7-8-9-10-12-17-21(16-11-6-4-2)27-23(26)20-15-13-14-19(18-20)22(24)25/h19-21H,3-18H2,1-2H3,(H,24,25). The van der Waals surface area contributed by atoms with Gasteiger partial charge in [0.05, 0.1) is 11.8 Å². The summed E-state index contributed by atoms with van der Waals surface area (Å²) in [5.41, 5.74) is 0. The van der Waals surface area contributed by atoms with Crippen molar-refractivity contribution in [1.29, 1.82) is 0 Å². The average Bonchev–Trinajstić information content (AvgIpc) is 2.67. The number of carbonyl (C=O) groups is 2. The minimum atomic E-state index is -0.768. The SMILES string of the molecule is CCCCCCCCCC(CCCCC)OC(=O)C1CCCC(C(=O)O)C1. The largest absolute Gasteiger partial charge is 0.481 e. The Labute approximate surface area is 166 Å². The van der Waals surface area contributed by atoms with Crippen molar-refractivity contribution in [3.63, 3.8) is 0 Å². The van der Waals surface area contributed by atoms with Crippen LogP contribution in [0.5, 0.6) is 0 Å². The van der Waals surface area contributed by atoms with E-state index in [0.29, 0.717) is 12.8 Å². The molecule has 0 bridgehead atoms. The second kappa shape index (κ2) is 14.9. The maximum atomic E-state index is 12.6. The van der Waals surface area contributed by atoms with Crippen LogP contribution in [0.2, 0.25) is 0 Å². The van der Waals surface area contributed by atoms with E-state index in [0.717, 1.165) is 38.5 Å². The van der Waals surface area contributed by atoms with E-state index in [4.69, 9.17) is 4.74 Å². The Morgan fingerprint density at radius 2 is 1.37 bits per heavy atom. The summed E-state index contributed by atoms with van der Waals surface area (Å²) >= 11 is 0. The first-order chi connectivity index (χ1) is 13.1. The van der Waals surface area contributed by atoms with Crippen molar-refractivity contribution in [3.05, 3.63) is 0 Å². The van der Waals surface area contributed by atoms with E-state index in [1.165, 1.54) is 51.4 Å². The highest BCUT2D eigenvalue weighted by molar-refractivity contribution is 5.75. The molecule has 0 saturated heterocycles. The smallest absolute Gasteiger partial charge is 0.309 e. The van der Waals surface area contributed by atoms with Gasteiger partial charge in [0.15, 0.2) is 0 Å². The number of carboxylic acid groups (broad SMARTS) is 1. The number of hydrogen-bond donors (Lipinski definition) is 1. The van der Waals surface area contributed by atoms with Gasteiger partial charge in [-0.2, -0.15) is 0 Å². The van der Waals surface area contributed by atoms with Crippen LogP contribution in [-0.2, 0) is 14.3 Å². The van der Waals surface area contributed by atoms with E-state index in [9.17, 15) is 14.7 Å². The van der Waals surface area contributed by atoms with Crippen molar-refractivity contribution in [2.24, 2.45) is 11.8 Å². The summed E-state index contributed by atoms with van der Waals surface area (Å²) < 4.78 is 5.88. The monoisotopic (exact) mass is 382 g/mol. The van der Waals surface area contributed by atoms with Gasteiger partial charge in [0.25, 0.3) is 0 Å². The van der Waals surface area contributed by atoms with Gasteiger partial charge in [0, 0.05) is 0 Å². The average molecular weight is 383 g/mol. The molecule has 1 saturated carbocycles. The first-order valence-corrected chi connectivity index (χ1v) is 11.5. The number of esters is 1. The quantitative estimate of drug-likeness (QED) is 0.259. The summed E-state index contributed by atoms with van der Waals surface area (Å²) in [5.74, 6) is -1.51. The molecule has 0 spiro atoms. The third-order valence-corrected chi connectivity index (χ3v) is 5.90. The second-order valence-corrected chi connectivity index (χ2v) is 8.36. The van der Waals surface area contributed by atoms with Crippen molar-refractivity contribution in [2.75, 3.05) is 0 Å². The minimum Gasteiger partial charge on any atom is -0.481 e. The van der Waals surface area contributed by atoms with Crippen LogP contribution in [-0.4, -0.2) is 23.1 Å². The van der Waals surface area contributed by atoms with E-state index in [1.54, 1.807) is 0 Å². The highest BCUT2D eigenvalue weighted by Crippen LogP contribution is 2.31. The fraction of sp³-hybridized carbons (Fsp3) is 0.913. The Bertz CT molecular complexity index is 407. The van der Waals surface area contributed by atoms with E-state index in [2.05, 4.69) is 13.8 Å². The molecule has 1 fully saturated rings. The Morgan fingerprint density at radius 1 is 0.852 bits per heavy atom. The lowest BCUT2D eigenvalue weighted by atomic mass is 9.81. The van der Waals surface area contributed by atoms with Crippen molar-refractivity contribution >= 4 is 11.9 Å². The van der Waals surface area contributed by atoms with Gasteiger partial charge in [0.2, 0.25) is 0 Å². The van der Waals surface area contributed by atoms with Crippen LogP contribution in [0.25, 0.3) is 0 Å². The first kappa shape index (κ1) is 24.0. The molecule has 4 heteroatoms. The Morgan fingerprint density at radius 3 is 2.00 bits per heavy atom. The summed E-state index contributed by atoms with van der Waals surface area (Å²) in [4.78, 5) is 23.8. The predicted octanol–water partition coefficient (Wildman–Crippen LogP) is 6.51. The zero-order valence-corrected chi connectivity index (χ0v) is 17.7. The highest BCUT2D eigenvalue weighted by Gasteiger charge is 2.32. The van der Waals surface area contributed by atoms with Gasteiger partial charge < -0.3 is 9.84 Å². The van der Waals surface area contributed by atoms with Crippen LogP contribution >= 0.6 is 0 Å². The number of hydrogen-bond acceptors (Lipinski definition) is 3. The number of aliphatic carboxylic acids is 1. The molecule has 158 valence electrons. The molecule has 0 aromatic rings. The van der Waals surface area contributed by atoms with Crippen molar-refractivity contribution < 1.29 is 19.4 Å². The van der Waals surface area contributed by atoms with Crippen molar-refractivity contribution in [3.8, 4) is 0 Å². The lowest BCUT2D eigenvalue weighted by Gasteiger charge is -2.27. The topological polar surface area (TPSA) is 63.6 Å². The summed E-state index contributed by atoms with van der Waals surface area (Å²) in [6, 6.07) is 0. The number of rotatable bonds is 15. The molecule has 3 atom stereocenters. The van der Waals surface area contributed by atoms with E-state index >= 15 is 0 Å². The molecule has 3 unspecified atom stereocenters. The van der Waals surface area contributed by atoms with Crippen molar-refractivity contribution in [1.82, 2.24) is 0 Å². The Hall–Kier alpha value is -1.06. The molecule has 1 rings (SSSR count). The van der Waals surface area contributed by atoms with Gasteiger partial charge in [-0.1, -0.05) is 71.6 Å². The molecular weight excluding hydrogens is 340 g/mol. The maximum absolute atomic E-state index is 12.6. The maximum Gasteiger partial charge on any atom is 0.309 e. The Balaban J connectivity index is 2.38. The molecule has 1 N–H and O–H groups in total. The molecule has 1 aliphatic carbocycles. The number of unbranched alkanes of at least 4 members (excludes halogenated alkanes) is 8. The molecule has 4 nitrogen and oxygen atoms in total. The van der Waals surface area contributed by atoms with E-state index in [1.807, 2.05) is 0 Å². The summed E-state index contributed by atoms with van der Waals surface area (Å²) in [5, 5.41) is 9.23. The van der Waals surface area contributed by atoms with Crippen LogP contribution in [0, 0.1) is 11.8 Å². The zero-order valence-electron chi connectivity index (χ0n) is 17.7. The lowest BCUT2D eigenvalue weighted by molar-refractivity contribution is -0.158. The molecule has 0 amide bonds. The van der Waals surface area contributed by atoms with Crippen LogP contribution < -0.4 is 0 Å². The van der Waals surface area contributed by atoms with Gasteiger partial charge in [-0.25, -0.2) is 0 Å². The third-order valence-electron chi connectivity index (χ3n) is 5.90. The van der Waals surface area contributed by atoms with Gasteiger partial charge in [-0.3, -0.25) is 9.59 Å². The minimum absolute atomic E-state index is 0.0184. The Kier molecular flexibility index (Phi) is 13.3. The fourth-order valence-corrected chi connectivity index (χ4v) is 4.10. The zero-order chi connectivity index (χ0) is 19.9. The molecule has 0 aromatic carbocycles. The van der Waals surface area contributed by atoms with Crippen LogP contribution in [0.4, 0.5) is 0 Å². The molecule has 1 aliphatic rings. The molecule has 0 aliphatic heterocycles. The summed E-state index contributed by atoms with van der Waals surface area (Å²) in [6.45, 7) is 4.42. The lowest BCUT2D eigenvalue weighted by Crippen LogP contribution is -2.31. The predicted molar refractivity (Wildman–Crippen MR) is 110 cm³/mol. The third kappa shape index (κ3) is 10.8. The highest BCUT2D eigenvalue weighted by atomic mass is 16.5. The number of carbonyl (C=O) groups excluding carboxylic acids is 1. The van der Waals surface area contributed by atoms with Crippen LogP contribution in [0.1, 0.15) is 117 Å². The van der Waals surface area contributed by atoms with Gasteiger partial charge >= 0.3 is 11.9 Å². The molecule has 0 radical (unpaired) electrons.